The highest BCUT2D eigenvalue weighted by atomic mass is 19.3. The van der Waals surface area contributed by atoms with Crippen LogP contribution in [0.1, 0.15) is 11.1 Å². The molecule has 86 valence electrons. The summed E-state index contributed by atoms with van der Waals surface area (Å²) in [6, 6.07) is 7.35. The van der Waals surface area contributed by atoms with Crippen LogP contribution in [-0.4, -0.2) is 18.9 Å². The van der Waals surface area contributed by atoms with Gasteiger partial charge in [0.25, 0.3) is 5.91 Å². The lowest BCUT2D eigenvalue weighted by atomic mass is 9.97. The van der Waals surface area contributed by atoms with Gasteiger partial charge in [0.15, 0.2) is 0 Å². The Hall–Kier alpha value is -1.45. The molecule has 1 aliphatic carbocycles. The number of benzene rings is 1. The van der Waals surface area contributed by atoms with Crippen molar-refractivity contribution in [2.75, 3.05) is 7.05 Å². The molecule has 0 unspecified atom stereocenters. The van der Waals surface area contributed by atoms with Gasteiger partial charge in [-0.05, 0) is 24.0 Å². The van der Waals surface area contributed by atoms with Gasteiger partial charge in [0.05, 0.1) is 0 Å². The molecule has 0 spiro atoms. The van der Waals surface area contributed by atoms with E-state index in [1.165, 1.54) is 7.05 Å². The van der Waals surface area contributed by atoms with Crippen LogP contribution in [0, 0.1) is 5.92 Å². The van der Waals surface area contributed by atoms with Crippen LogP contribution in [-0.2, 0) is 17.6 Å². The van der Waals surface area contributed by atoms with Crippen molar-refractivity contribution in [3.8, 4) is 0 Å². The number of halogens is 2. The van der Waals surface area contributed by atoms with Crippen LogP contribution in [0.4, 0.5) is 8.78 Å². The van der Waals surface area contributed by atoms with Crippen molar-refractivity contribution in [2.24, 2.45) is 5.92 Å². The first-order valence-corrected chi connectivity index (χ1v) is 5.22. The summed E-state index contributed by atoms with van der Waals surface area (Å²) >= 11 is 0. The normalized spacial score (nSPS) is 15.9. The molecule has 0 saturated heterocycles. The molecule has 0 saturated carbocycles. The Labute approximate surface area is 92.7 Å². The lowest BCUT2D eigenvalue weighted by Crippen LogP contribution is -2.44. The highest BCUT2D eigenvalue weighted by molar-refractivity contribution is 5.83. The number of alkyl halides is 2. The highest BCUT2D eigenvalue weighted by Gasteiger charge is 2.48. The number of carbonyl (C=O) groups excluding carboxylic acids is 1. The summed E-state index contributed by atoms with van der Waals surface area (Å²) in [7, 11) is 1.23. The molecule has 0 radical (unpaired) electrons. The average Bonchev–Trinajstić information content (AvgIpc) is 2.72. The number of hydrogen-bond donors (Lipinski definition) is 1. The summed E-state index contributed by atoms with van der Waals surface area (Å²) in [6.07, 6.45) is 0.549. The SMILES string of the molecule is CNC(=O)C(F)(F)C1Cc2ccccc2C1. The van der Waals surface area contributed by atoms with Crippen LogP contribution in [0.5, 0.6) is 0 Å². The molecule has 0 fully saturated rings. The minimum atomic E-state index is -3.28. The van der Waals surface area contributed by atoms with Crippen molar-refractivity contribution in [1.29, 1.82) is 0 Å². The first kappa shape index (κ1) is 11.0. The van der Waals surface area contributed by atoms with E-state index in [0.29, 0.717) is 0 Å². The number of fused-ring (bicyclic) bond motifs is 1. The van der Waals surface area contributed by atoms with Crippen LogP contribution in [0.15, 0.2) is 24.3 Å². The van der Waals surface area contributed by atoms with Gasteiger partial charge in [-0.2, -0.15) is 8.78 Å². The topological polar surface area (TPSA) is 29.1 Å². The molecule has 2 nitrogen and oxygen atoms in total. The third kappa shape index (κ3) is 1.68. The largest absolute Gasteiger partial charge is 0.354 e. The Morgan fingerprint density at radius 3 is 2.25 bits per heavy atom. The van der Waals surface area contributed by atoms with Crippen LogP contribution in [0.2, 0.25) is 0 Å². The quantitative estimate of drug-likeness (QED) is 0.816. The molecule has 0 aliphatic heterocycles. The second kappa shape index (κ2) is 3.85. The Kier molecular flexibility index (Phi) is 2.66. The van der Waals surface area contributed by atoms with Crippen molar-refractivity contribution in [3.63, 3.8) is 0 Å². The fourth-order valence-corrected chi connectivity index (χ4v) is 2.17. The Balaban J connectivity index is 2.20. The van der Waals surface area contributed by atoms with Crippen molar-refractivity contribution >= 4 is 5.91 Å². The zero-order valence-electron chi connectivity index (χ0n) is 8.97. The lowest BCUT2D eigenvalue weighted by Gasteiger charge is -2.20. The predicted molar refractivity (Wildman–Crippen MR) is 56.4 cm³/mol. The Bertz CT molecular complexity index is 392. The third-order valence-electron chi connectivity index (χ3n) is 3.09. The molecular weight excluding hydrogens is 212 g/mol. The first-order valence-electron chi connectivity index (χ1n) is 5.22. The monoisotopic (exact) mass is 225 g/mol. The summed E-state index contributed by atoms with van der Waals surface area (Å²) in [5.41, 5.74) is 1.85. The molecule has 1 aromatic rings. The molecule has 1 aromatic carbocycles. The maximum Gasteiger partial charge on any atom is 0.327 e. The van der Waals surface area contributed by atoms with E-state index in [0.717, 1.165) is 11.1 Å². The van der Waals surface area contributed by atoms with Crippen molar-refractivity contribution in [1.82, 2.24) is 5.32 Å². The summed E-state index contributed by atoms with van der Waals surface area (Å²) in [4.78, 5) is 11.1. The van der Waals surface area contributed by atoms with E-state index in [2.05, 4.69) is 0 Å². The van der Waals surface area contributed by atoms with Crippen LogP contribution in [0.3, 0.4) is 0 Å². The molecule has 16 heavy (non-hydrogen) atoms. The van der Waals surface area contributed by atoms with Crippen LogP contribution < -0.4 is 5.32 Å². The second-order valence-electron chi connectivity index (χ2n) is 4.08. The molecule has 4 heteroatoms. The highest BCUT2D eigenvalue weighted by Crippen LogP contribution is 2.37. The van der Waals surface area contributed by atoms with Gasteiger partial charge in [0.1, 0.15) is 0 Å². The van der Waals surface area contributed by atoms with Gasteiger partial charge in [0, 0.05) is 13.0 Å². The van der Waals surface area contributed by atoms with Crippen LogP contribution >= 0.6 is 0 Å². The molecule has 1 amide bonds. The minimum Gasteiger partial charge on any atom is -0.354 e. The maximum absolute atomic E-state index is 13.7. The lowest BCUT2D eigenvalue weighted by molar-refractivity contribution is -0.152. The van der Waals surface area contributed by atoms with E-state index in [1.807, 2.05) is 29.6 Å². The summed E-state index contributed by atoms with van der Waals surface area (Å²) in [6.45, 7) is 0. The summed E-state index contributed by atoms with van der Waals surface area (Å²) < 4.78 is 27.4. The maximum atomic E-state index is 13.7. The smallest absolute Gasteiger partial charge is 0.327 e. The fourth-order valence-electron chi connectivity index (χ4n) is 2.17. The first-order chi connectivity index (χ1) is 7.55. The van der Waals surface area contributed by atoms with Crippen LogP contribution in [0.25, 0.3) is 0 Å². The van der Waals surface area contributed by atoms with Gasteiger partial charge in [0.2, 0.25) is 0 Å². The van der Waals surface area contributed by atoms with Gasteiger partial charge in [-0.3, -0.25) is 4.79 Å². The number of amides is 1. The van der Waals surface area contributed by atoms with Gasteiger partial charge >= 0.3 is 5.92 Å². The van der Waals surface area contributed by atoms with Gasteiger partial charge in [-0.15, -0.1) is 0 Å². The summed E-state index contributed by atoms with van der Waals surface area (Å²) in [5, 5.41) is 2.02. The molecule has 2 rings (SSSR count). The van der Waals surface area contributed by atoms with E-state index in [1.54, 1.807) is 0 Å². The third-order valence-corrected chi connectivity index (χ3v) is 3.09. The molecule has 1 aliphatic rings. The standard InChI is InChI=1S/C12H13F2NO/c1-15-11(16)12(13,14)10-6-8-4-2-3-5-9(8)7-10/h2-5,10H,6-7H2,1H3,(H,15,16). The molecule has 0 heterocycles. The summed E-state index contributed by atoms with van der Waals surface area (Å²) in [5.74, 6) is -5.39. The van der Waals surface area contributed by atoms with Crippen molar-refractivity contribution < 1.29 is 13.6 Å². The fraction of sp³-hybridized carbons (Fsp3) is 0.417. The molecule has 0 aromatic heterocycles. The van der Waals surface area contributed by atoms with E-state index >= 15 is 0 Å². The van der Waals surface area contributed by atoms with Crippen molar-refractivity contribution in [2.45, 2.75) is 18.8 Å². The molecular formula is C12H13F2NO. The number of hydrogen-bond acceptors (Lipinski definition) is 1. The van der Waals surface area contributed by atoms with E-state index in [-0.39, 0.29) is 12.8 Å². The predicted octanol–water partition coefficient (Wildman–Crippen LogP) is 1.78. The van der Waals surface area contributed by atoms with E-state index < -0.39 is 17.7 Å². The minimum absolute atomic E-state index is 0.274. The zero-order chi connectivity index (χ0) is 11.8. The van der Waals surface area contributed by atoms with Crippen molar-refractivity contribution in [3.05, 3.63) is 35.4 Å². The van der Waals surface area contributed by atoms with Gasteiger partial charge < -0.3 is 5.32 Å². The van der Waals surface area contributed by atoms with E-state index in [9.17, 15) is 13.6 Å². The van der Waals surface area contributed by atoms with Gasteiger partial charge in [-0.1, -0.05) is 24.3 Å². The van der Waals surface area contributed by atoms with Gasteiger partial charge in [-0.25, -0.2) is 0 Å². The Morgan fingerprint density at radius 2 is 1.81 bits per heavy atom. The molecule has 1 N–H and O–H groups in total. The van der Waals surface area contributed by atoms with E-state index in [4.69, 9.17) is 0 Å². The zero-order valence-corrected chi connectivity index (χ0v) is 8.97. The molecule has 0 bridgehead atoms. The number of carbonyl (C=O) groups is 1. The number of rotatable bonds is 2. The number of nitrogens with one attached hydrogen (secondary N) is 1. The average molecular weight is 225 g/mol. The molecule has 0 atom stereocenters. The Morgan fingerprint density at radius 1 is 1.31 bits per heavy atom. The second-order valence-corrected chi connectivity index (χ2v) is 4.08.